The smallest absolute Gasteiger partial charge is 0.230 e. The molecule has 0 saturated heterocycles. The second-order valence-electron chi connectivity index (χ2n) is 3.84. The molecule has 1 unspecified atom stereocenters. The summed E-state index contributed by atoms with van der Waals surface area (Å²) in [5.41, 5.74) is 5.42. The zero-order chi connectivity index (χ0) is 12.4. The number of nitrogens with one attached hydrogen (secondary N) is 1. The van der Waals surface area contributed by atoms with Gasteiger partial charge in [0.1, 0.15) is 0 Å². The van der Waals surface area contributed by atoms with Crippen molar-refractivity contribution in [2.75, 3.05) is 6.54 Å². The molecule has 0 aromatic carbocycles. The predicted octanol–water partition coefficient (Wildman–Crippen LogP) is 1.46. The van der Waals surface area contributed by atoms with Crippen molar-refractivity contribution in [1.29, 1.82) is 0 Å². The van der Waals surface area contributed by atoms with Crippen molar-refractivity contribution >= 4 is 11.7 Å². The van der Waals surface area contributed by atoms with Crippen LogP contribution in [0, 0.1) is 5.92 Å². The molecule has 5 heteroatoms. The third-order valence-electron chi connectivity index (χ3n) is 2.53. The van der Waals surface area contributed by atoms with Gasteiger partial charge in [0.2, 0.25) is 5.91 Å². The molecule has 94 valence electrons. The minimum Gasteiger partial charge on any atom is -0.409 e. The molecule has 5 nitrogen and oxygen atoms in total. The number of carbonyl (C=O) groups is 1. The first-order chi connectivity index (χ1) is 7.67. The first kappa shape index (κ1) is 14.7. The molecule has 1 amide bonds. The fourth-order valence-electron chi connectivity index (χ4n) is 1.49. The summed E-state index contributed by atoms with van der Waals surface area (Å²) in [5, 5.41) is 14.2. The summed E-state index contributed by atoms with van der Waals surface area (Å²) in [5.74, 6) is -0.695. The SMILES string of the molecule is CCCCCCNC(=O)C(CC)C(N)=NO. The van der Waals surface area contributed by atoms with Crippen LogP contribution < -0.4 is 11.1 Å². The normalized spacial score (nSPS) is 13.5. The highest BCUT2D eigenvalue weighted by Crippen LogP contribution is 2.03. The number of nitrogens with zero attached hydrogens (tertiary/aromatic N) is 1. The molecule has 0 aliphatic rings. The lowest BCUT2D eigenvalue weighted by Crippen LogP contribution is -2.38. The van der Waals surface area contributed by atoms with Gasteiger partial charge in [0.15, 0.2) is 5.84 Å². The number of unbranched alkanes of at least 4 members (excludes halogenated alkanes) is 3. The molecule has 0 heterocycles. The van der Waals surface area contributed by atoms with E-state index in [0.717, 1.165) is 12.8 Å². The minimum atomic E-state index is -0.517. The number of hydrogen-bond acceptors (Lipinski definition) is 3. The van der Waals surface area contributed by atoms with Gasteiger partial charge in [-0.05, 0) is 12.8 Å². The molecule has 0 spiro atoms. The molecule has 4 N–H and O–H groups in total. The van der Waals surface area contributed by atoms with E-state index in [-0.39, 0.29) is 11.7 Å². The van der Waals surface area contributed by atoms with Gasteiger partial charge in [-0.25, -0.2) is 0 Å². The number of hydrogen-bond donors (Lipinski definition) is 3. The van der Waals surface area contributed by atoms with Crippen LogP contribution in [-0.2, 0) is 4.79 Å². The van der Waals surface area contributed by atoms with E-state index in [1.54, 1.807) is 0 Å². The molecule has 0 rings (SSSR count). The van der Waals surface area contributed by atoms with Crippen LogP contribution in [0.2, 0.25) is 0 Å². The van der Waals surface area contributed by atoms with Gasteiger partial charge in [0, 0.05) is 6.54 Å². The molecule has 0 radical (unpaired) electrons. The zero-order valence-electron chi connectivity index (χ0n) is 10.2. The molecule has 0 aromatic heterocycles. The Labute approximate surface area is 97.1 Å². The lowest BCUT2D eigenvalue weighted by Gasteiger charge is -2.13. The van der Waals surface area contributed by atoms with E-state index < -0.39 is 5.92 Å². The van der Waals surface area contributed by atoms with Gasteiger partial charge in [0.05, 0.1) is 5.92 Å². The largest absolute Gasteiger partial charge is 0.409 e. The first-order valence-electron chi connectivity index (χ1n) is 5.92. The number of rotatable bonds is 8. The van der Waals surface area contributed by atoms with E-state index in [0.29, 0.717) is 13.0 Å². The van der Waals surface area contributed by atoms with Crippen LogP contribution in [-0.4, -0.2) is 23.5 Å². The highest BCUT2D eigenvalue weighted by atomic mass is 16.4. The van der Waals surface area contributed by atoms with Gasteiger partial charge in [-0.3, -0.25) is 4.79 Å². The van der Waals surface area contributed by atoms with Gasteiger partial charge < -0.3 is 16.3 Å². The first-order valence-corrected chi connectivity index (χ1v) is 5.92. The van der Waals surface area contributed by atoms with Gasteiger partial charge in [-0.1, -0.05) is 38.3 Å². The van der Waals surface area contributed by atoms with Crippen molar-refractivity contribution in [3.05, 3.63) is 0 Å². The van der Waals surface area contributed by atoms with Gasteiger partial charge >= 0.3 is 0 Å². The van der Waals surface area contributed by atoms with Crippen molar-refractivity contribution in [3.63, 3.8) is 0 Å². The van der Waals surface area contributed by atoms with Gasteiger partial charge in [0.25, 0.3) is 0 Å². The fourth-order valence-corrected chi connectivity index (χ4v) is 1.49. The predicted molar refractivity (Wildman–Crippen MR) is 64.3 cm³/mol. The van der Waals surface area contributed by atoms with E-state index in [9.17, 15) is 4.79 Å². The maximum atomic E-state index is 11.6. The average Bonchev–Trinajstić information content (AvgIpc) is 2.29. The Bertz CT molecular complexity index is 229. The average molecular weight is 229 g/mol. The number of nitrogens with two attached hydrogens (primary N) is 1. The third-order valence-corrected chi connectivity index (χ3v) is 2.53. The van der Waals surface area contributed by atoms with Crippen LogP contribution in [0.1, 0.15) is 46.0 Å². The van der Waals surface area contributed by atoms with Crippen LogP contribution >= 0.6 is 0 Å². The quantitative estimate of drug-likeness (QED) is 0.193. The number of amidine groups is 1. The summed E-state index contributed by atoms with van der Waals surface area (Å²) in [7, 11) is 0. The summed E-state index contributed by atoms with van der Waals surface area (Å²) in [6.07, 6.45) is 5.00. The molecule has 0 fully saturated rings. The minimum absolute atomic E-state index is 0.0199. The Morgan fingerprint density at radius 3 is 2.56 bits per heavy atom. The Morgan fingerprint density at radius 2 is 2.06 bits per heavy atom. The van der Waals surface area contributed by atoms with E-state index in [1.807, 2.05) is 6.92 Å². The molecule has 16 heavy (non-hydrogen) atoms. The molecule has 0 aliphatic carbocycles. The second kappa shape index (κ2) is 9.00. The Hall–Kier alpha value is -1.26. The standard InChI is InChI=1S/C11H23N3O2/c1-3-5-6-7-8-13-11(15)9(4-2)10(12)14-16/h9,16H,3-8H2,1-2H3,(H2,12,14)(H,13,15). The van der Waals surface area contributed by atoms with Gasteiger partial charge in [-0.15, -0.1) is 0 Å². The highest BCUT2D eigenvalue weighted by molar-refractivity contribution is 6.01. The summed E-state index contributed by atoms with van der Waals surface area (Å²) in [6.45, 7) is 4.64. The van der Waals surface area contributed by atoms with Crippen molar-refractivity contribution in [2.24, 2.45) is 16.8 Å². The summed E-state index contributed by atoms with van der Waals surface area (Å²) in [4.78, 5) is 11.6. The lowest BCUT2D eigenvalue weighted by molar-refractivity contribution is -0.123. The Morgan fingerprint density at radius 1 is 1.38 bits per heavy atom. The van der Waals surface area contributed by atoms with Crippen LogP contribution in [0.25, 0.3) is 0 Å². The number of oxime groups is 1. The fraction of sp³-hybridized carbons (Fsp3) is 0.818. The number of carbonyl (C=O) groups excluding carboxylic acids is 1. The molecule has 1 atom stereocenters. The van der Waals surface area contributed by atoms with Crippen LogP contribution in [0.5, 0.6) is 0 Å². The Balaban J connectivity index is 3.85. The summed E-state index contributed by atoms with van der Waals surface area (Å²) in [6, 6.07) is 0. The maximum Gasteiger partial charge on any atom is 0.230 e. The third kappa shape index (κ3) is 5.58. The monoisotopic (exact) mass is 229 g/mol. The topological polar surface area (TPSA) is 87.7 Å². The zero-order valence-corrected chi connectivity index (χ0v) is 10.2. The molecule has 0 aliphatic heterocycles. The van der Waals surface area contributed by atoms with E-state index in [4.69, 9.17) is 10.9 Å². The highest BCUT2D eigenvalue weighted by Gasteiger charge is 2.20. The number of amides is 1. The molecule has 0 bridgehead atoms. The van der Waals surface area contributed by atoms with Crippen LogP contribution in [0.3, 0.4) is 0 Å². The molecule has 0 aromatic rings. The molecule has 0 saturated carbocycles. The van der Waals surface area contributed by atoms with E-state index >= 15 is 0 Å². The summed E-state index contributed by atoms with van der Waals surface area (Å²) < 4.78 is 0. The van der Waals surface area contributed by atoms with Crippen molar-refractivity contribution in [2.45, 2.75) is 46.0 Å². The second-order valence-corrected chi connectivity index (χ2v) is 3.84. The van der Waals surface area contributed by atoms with Crippen molar-refractivity contribution < 1.29 is 10.0 Å². The van der Waals surface area contributed by atoms with E-state index in [2.05, 4.69) is 17.4 Å². The van der Waals surface area contributed by atoms with Gasteiger partial charge in [-0.2, -0.15) is 0 Å². The van der Waals surface area contributed by atoms with Crippen LogP contribution in [0.15, 0.2) is 5.16 Å². The molecular formula is C11H23N3O2. The summed E-state index contributed by atoms with van der Waals surface area (Å²) >= 11 is 0. The van der Waals surface area contributed by atoms with Crippen molar-refractivity contribution in [1.82, 2.24) is 5.32 Å². The lowest BCUT2D eigenvalue weighted by atomic mass is 10.0. The Kier molecular flexibility index (Phi) is 8.29. The van der Waals surface area contributed by atoms with E-state index in [1.165, 1.54) is 12.8 Å². The maximum absolute atomic E-state index is 11.6. The van der Waals surface area contributed by atoms with Crippen molar-refractivity contribution in [3.8, 4) is 0 Å². The molecular weight excluding hydrogens is 206 g/mol. The van der Waals surface area contributed by atoms with Crippen LogP contribution in [0.4, 0.5) is 0 Å².